The van der Waals surface area contributed by atoms with Gasteiger partial charge in [-0.3, -0.25) is 4.79 Å². The van der Waals surface area contributed by atoms with Gasteiger partial charge in [0.2, 0.25) is 0 Å². The molecule has 1 N–H and O–H groups in total. The number of rotatable bonds is 7. The number of ether oxygens (including phenoxy) is 1. The molecule has 2 aromatic rings. The lowest BCUT2D eigenvalue weighted by atomic mass is 10.3. The third-order valence-electron chi connectivity index (χ3n) is 2.58. The summed E-state index contributed by atoms with van der Waals surface area (Å²) in [5, 5.41) is 5.98. The largest absolute Gasteiger partial charge is 0.490 e. The Morgan fingerprint density at radius 2 is 2.04 bits per heavy atom. The summed E-state index contributed by atoms with van der Waals surface area (Å²) in [5.74, 6) is -0.236. The molecule has 2 rings (SSSR count). The van der Waals surface area contributed by atoms with E-state index in [4.69, 9.17) is 9.57 Å². The molecule has 5 nitrogen and oxygen atoms in total. The van der Waals surface area contributed by atoms with E-state index in [0.29, 0.717) is 18.0 Å². The van der Waals surface area contributed by atoms with Gasteiger partial charge < -0.3 is 14.9 Å². The number of halogens is 2. The molecular formula is C16H14BrFN2O3. The van der Waals surface area contributed by atoms with Crippen LogP contribution in [0, 0.1) is 5.82 Å². The van der Waals surface area contributed by atoms with E-state index in [2.05, 4.69) is 26.4 Å². The van der Waals surface area contributed by atoms with Crippen LogP contribution in [0.3, 0.4) is 0 Å². The standard InChI is InChI=1S/C16H14BrFN2O3/c17-12-3-1-6-15(9-12)22-7-8-23-19-11-16(21)20-14-5-2-4-13(18)10-14/h1-6,9-11H,7-8H2,(H,20,21)/b19-11+. The van der Waals surface area contributed by atoms with Crippen molar-refractivity contribution in [1.29, 1.82) is 0 Å². The maximum absolute atomic E-state index is 12.9. The zero-order valence-corrected chi connectivity index (χ0v) is 13.6. The Labute approximate surface area is 141 Å². The van der Waals surface area contributed by atoms with E-state index in [1.807, 2.05) is 24.3 Å². The van der Waals surface area contributed by atoms with Crippen LogP contribution in [0.15, 0.2) is 58.2 Å². The summed E-state index contributed by atoms with van der Waals surface area (Å²) in [6, 6.07) is 13.0. The molecule has 0 unspecified atom stereocenters. The first-order valence-corrected chi connectivity index (χ1v) is 7.53. The van der Waals surface area contributed by atoms with Gasteiger partial charge in [-0.15, -0.1) is 0 Å². The molecule has 0 atom stereocenters. The summed E-state index contributed by atoms with van der Waals surface area (Å²) in [5.41, 5.74) is 0.347. The second-order valence-electron chi connectivity index (χ2n) is 4.37. The molecule has 0 bridgehead atoms. The van der Waals surface area contributed by atoms with Crippen molar-refractivity contribution in [3.8, 4) is 5.75 Å². The van der Waals surface area contributed by atoms with Crippen LogP contribution in [-0.2, 0) is 9.63 Å². The topological polar surface area (TPSA) is 59.9 Å². The van der Waals surface area contributed by atoms with Crippen LogP contribution in [-0.4, -0.2) is 25.3 Å². The fraction of sp³-hybridized carbons (Fsp3) is 0.125. The van der Waals surface area contributed by atoms with Gasteiger partial charge in [0.25, 0.3) is 5.91 Å². The normalized spacial score (nSPS) is 10.5. The number of hydrogen-bond donors (Lipinski definition) is 1. The number of benzene rings is 2. The van der Waals surface area contributed by atoms with E-state index in [1.165, 1.54) is 18.2 Å². The second kappa shape index (κ2) is 8.89. The number of amides is 1. The number of carbonyl (C=O) groups excluding carboxylic acids is 1. The monoisotopic (exact) mass is 380 g/mol. The van der Waals surface area contributed by atoms with E-state index in [-0.39, 0.29) is 6.61 Å². The van der Waals surface area contributed by atoms with Crippen LogP contribution in [0.5, 0.6) is 5.75 Å². The summed E-state index contributed by atoms with van der Waals surface area (Å²) in [6.45, 7) is 0.482. The van der Waals surface area contributed by atoms with Gasteiger partial charge >= 0.3 is 0 Å². The maximum atomic E-state index is 12.9. The Kier molecular flexibility index (Phi) is 6.56. The summed E-state index contributed by atoms with van der Waals surface area (Å²) in [7, 11) is 0. The molecular weight excluding hydrogens is 367 g/mol. The fourth-order valence-electron chi connectivity index (χ4n) is 1.63. The molecule has 0 aliphatic carbocycles. The van der Waals surface area contributed by atoms with Crippen LogP contribution >= 0.6 is 15.9 Å². The Morgan fingerprint density at radius 1 is 1.22 bits per heavy atom. The smallest absolute Gasteiger partial charge is 0.270 e. The van der Waals surface area contributed by atoms with Crippen LogP contribution < -0.4 is 10.1 Å². The van der Waals surface area contributed by atoms with Crippen molar-refractivity contribution in [1.82, 2.24) is 0 Å². The lowest BCUT2D eigenvalue weighted by Crippen LogP contribution is -2.13. The Bertz CT molecular complexity index is 695. The molecule has 1 amide bonds. The van der Waals surface area contributed by atoms with Gasteiger partial charge in [0.15, 0.2) is 6.61 Å². The van der Waals surface area contributed by atoms with Crippen molar-refractivity contribution in [3.05, 3.63) is 58.8 Å². The van der Waals surface area contributed by atoms with E-state index >= 15 is 0 Å². The van der Waals surface area contributed by atoms with Gasteiger partial charge in [0.1, 0.15) is 24.4 Å². The zero-order chi connectivity index (χ0) is 16.5. The van der Waals surface area contributed by atoms with Crippen molar-refractivity contribution >= 4 is 33.7 Å². The molecule has 0 saturated carbocycles. The average Bonchev–Trinajstić information content (AvgIpc) is 2.51. The minimum atomic E-state index is -0.511. The molecule has 23 heavy (non-hydrogen) atoms. The van der Waals surface area contributed by atoms with Gasteiger partial charge in [0.05, 0.1) is 0 Å². The van der Waals surface area contributed by atoms with E-state index in [0.717, 1.165) is 10.7 Å². The zero-order valence-electron chi connectivity index (χ0n) is 12.0. The van der Waals surface area contributed by atoms with Crippen molar-refractivity contribution in [2.24, 2.45) is 5.16 Å². The molecule has 0 radical (unpaired) electrons. The summed E-state index contributed by atoms with van der Waals surface area (Å²) < 4.78 is 19.3. The predicted molar refractivity (Wildman–Crippen MR) is 89.1 cm³/mol. The SMILES string of the molecule is O=C(/C=N/OCCOc1cccc(Br)c1)Nc1cccc(F)c1. The second-order valence-corrected chi connectivity index (χ2v) is 5.29. The van der Waals surface area contributed by atoms with Gasteiger partial charge in [0, 0.05) is 10.2 Å². The molecule has 0 aromatic heterocycles. The number of oxime groups is 1. The highest BCUT2D eigenvalue weighted by Crippen LogP contribution is 2.17. The number of carbonyl (C=O) groups is 1. The summed E-state index contributed by atoms with van der Waals surface area (Å²) in [6.07, 6.45) is 0.976. The van der Waals surface area contributed by atoms with E-state index < -0.39 is 11.7 Å². The van der Waals surface area contributed by atoms with E-state index in [9.17, 15) is 9.18 Å². The lowest BCUT2D eigenvalue weighted by molar-refractivity contribution is -0.110. The molecule has 2 aromatic carbocycles. The lowest BCUT2D eigenvalue weighted by Gasteiger charge is -2.05. The quantitative estimate of drug-likeness (QED) is 0.453. The number of anilines is 1. The molecule has 0 saturated heterocycles. The van der Waals surface area contributed by atoms with Gasteiger partial charge in [-0.25, -0.2) is 4.39 Å². The minimum Gasteiger partial charge on any atom is -0.490 e. The molecule has 0 fully saturated rings. The third-order valence-corrected chi connectivity index (χ3v) is 3.07. The summed E-state index contributed by atoms with van der Waals surface area (Å²) >= 11 is 3.34. The molecule has 120 valence electrons. The highest BCUT2D eigenvalue weighted by atomic mass is 79.9. The van der Waals surface area contributed by atoms with Crippen molar-refractivity contribution in [3.63, 3.8) is 0 Å². The van der Waals surface area contributed by atoms with Crippen molar-refractivity contribution in [2.75, 3.05) is 18.5 Å². The first-order valence-electron chi connectivity index (χ1n) is 6.74. The van der Waals surface area contributed by atoms with Crippen molar-refractivity contribution < 1.29 is 18.8 Å². The summed E-state index contributed by atoms with van der Waals surface area (Å²) in [4.78, 5) is 16.4. The van der Waals surface area contributed by atoms with Crippen LogP contribution in [0.2, 0.25) is 0 Å². The Balaban J connectivity index is 1.65. The van der Waals surface area contributed by atoms with E-state index in [1.54, 1.807) is 6.07 Å². The van der Waals surface area contributed by atoms with Crippen LogP contribution in [0.1, 0.15) is 0 Å². The number of nitrogens with one attached hydrogen (secondary N) is 1. The van der Waals surface area contributed by atoms with Crippen molar-refractivity contribution in [2.45, 2.75) is 0 Å². The molecule has 0 aliphatic rings. The maximum Gasteiger partial charge on any atom is 0.270 e. The molecule has 7 heteroatoms. The van der Waals surface area contributed by atoms with Crippen LogP contribution in [0.4, 0.5) is 10.1 Å². The number of nitrogens with zero attached hydrogens (tertiary/aromatic N) is 1. The molecule has 0 heterocycles. The first kappa shape index (κ1) is 17.0. The van der Waals surface area contributed by atoms with Gasteiger partial charge in [-0.1, -0.05) is 33.2 Å². The number of hydrogen-bond acceptors (Lipinski definition) is 4. The minimum absolute atomic E-state index is 0.191. The highest BCUT2D eigenvalue weighted by Gasteiger charge is 2.00. The first-order chi connectivity index (χ1) is 11.1. The average molecular weight is 381 g/mol. The van der Waals surface area contributed by atoms with Gasteiger partial charge in [-0.2, -0.15) is 0 Å². The molecule has 0 aliphatic heterocycles. The van der Waals surface area contributed by atoms with Crippen LogP contribution in [0.25, 0.3) is 0 Å². The molecule has 0 spiro atoms. The highest BCUT2D eigenvalue weighted by molar-refractivity contribution is 9.10. The Morgan fingerprint density at radius 3 is 2.83 bits per heavy atom. The fourth-order valence-corrected chi connectivity index (χ4v) is 2.01. The predicted octanol–water partition coefficient (Wildman–Crippen LogP) is 3.61. The third kappa shape index (κ3) is 6.48. The Hall–Kier alpha value is -2.41. The van der Waals surface area contributed by atoms with Gasteiger partial charge in [-0.05, 0) is 36.4 Å².